The fourth-order valence-corrected chi connectivity index (χ4v) is 4.16. The quantitative estimate of drug-likeness (QED) is 0.851. The Morgan fingerprint density at radius 3 is 2.95 bits per heavy atom. The molecule has 1 fully saturated rings. The normalized spacial score (nSPS) is 20.2. The van der Waals surface area contributed by atoms with E-state index in [0.717, 1.165) is 6.42 Å². The fourth-order valence-electron chi connectivity index (χ4n) is 2.33. The Morgan fingerprint density at radius 2 is 2.35 bits per heavy atom. The number of hydrogen-bond acceptors (Lipinski definition) is 5. The van der Waals surface area contributed by atoms with Crippen molar-refractivity contribution in [2.24, 2.45) is 5.92 Å². The summed E-state index contributed by atoms with van der Waals surface area (Å²) < 4.78 is 26.4. The number of aliphatic hydroxyl groups is 1. The minimum absolute atomic E-state index is 0.0861. The van der Waals surface area contributed by atoms with Gasteiger partial charge in [0, 0.05) is 32.9 Å². The van der Waals surface area contributed by atoms with Crippen LogP contribution in [0.25, 0.3) is 0 Å². The fraction of sp³-hybridized carbons (Fsp3) is 0.583. The van der Waals surface area contributed by atoms with Crippen LogP contribution >= 0.6 is 11.6 Å². The van der Waals surface area contributed by atoms with Gasteiger partial charge >= 0.3 is 0 Å². The van der Waals surface area contributed by atoms with Gasteiger partial charge in [0.25, 0.3) is 0 Å². The first-order valence-corrected chi connectivity index (χ1v) is 8.25. The van der Waals surface area contributed by atoms with E-state index in [1.807, 2.05) is 0 Å². The molecule has 8 heteroatoms. The molecule has 2 N–H and O–H groups in total. The summed E-state index contributed by atoms with van der Waals surface area (Å²) in [6.45, 7) is 0.996. The lowest BCUT2D eigenvalue weighted by Crippen LogP contribution is -2.29. The molecule has 6 nitrogen and oxygen atoms in total. The van der Waals surface area contributed by atoms with Crippen molar-refractivity contribution in [3.05, 3.63) is 17.3 Å². The van der Waals surface area contributed by atoms with Crippen LogP contribution in [0.3, 0.4) is 0 Å². The van der Waals surface area contributed by atoms with Gasteiger partial charge in [0.2, 0.25) is 10.0 Å². The maximum absolute atomic E-state index is 12.5. The van der Waals surface area contributed by atoms with Gasteiger partial charge in [0.15, 0.2) is 0 Å². The number of rotatable bonds is 5. The molecule has 112 valence electrons. The van der Waals surface area contributed by atoms with Gasteiger partial charge < -0.3 is 10.4 Å². The van der Waals surface area contributed by atoms with Crippen LogP contribution in [0.5, 0.6) is 0 Å². The molecule has 1 aliphatic heterocycles. The Hall–Kier alpha value is -0.890. The minimum atomic E-state index is -3.56. The number of nitrogens with one attached hydrogen (secondary N) is 1. The van der Waals surface area contributed by atoms with Crippen molar-refractivity contribution >= 4 is 27.4 Å². The van der Waals surface area contributed by atoms with E-state index in [1.54, 1.807) is 7.05 Å². The summed E-state index contributed by atoms with van der Waals surface area (Å²) in [5, 5.41) is 12.0. The number of nitrogens with zero attached hydrogens (tertiary/aromatic N) is 2. The first kappa shape index (κ1) is 15.5. The van der Waals surface area contributed by atoms with Crippen molar-refractivity contribution in [1.82, 2.24) is 9.29 Å². The lowest BCUT2D eigenvalue weighted by atomic mass is 10.1. The number of halogens is 1. The zero-order chi connectivity index (χ0) is 14.8. The lowest BCUT2D eigenvalue weighted by molar-refractivity contribution is 0.259. The Balaban J connectivity index is 2.21. The summed E-state index contributed by atoms with van der Waals surface area (Å²) in [7, 11) is -1.89. The SMILES string of the molecule is CNc1ncc(S(=O)(=O)N2CCC(CCO)C2)cc1Cl. The van der Waals surface area contributed by atoms with Crippen LogP contribution in [-0.4, -0.2) is 49.6 Å². The molecule has 1 aromatic rings. The van der Waals surface area contributed by atoms with Crippen LogP contribution in [0, 0.1) is 5.92 Å². The van der Waals surface area contributed by atoms with Gasteiger partial charge in [0.05, 0.1) is 5.02 Å². The summed E-state index contributed by atoms with van der Waals surface area (Å²) in [6, 6.07) is 1.41. The molecule has 0 bridgehead atoms. The standard InChI is InChI=1S/C12H18ClN3O3S/c1-14-12-11(13)6-10(7-15-12)20(18,19)16-4-2-9(8-16)3-5-17/h6-7,9,17H,2-5,8H2,1H3,(H,14,15). The van der Waals surface area contributed by atoms with Gasteiger partial charge in [-0.25, -0.2) is 13.4 Å². The van der Waals surface area contributed by atoms with Crippen molar-refractivity contribution in [3.63, 3.8) is 0 Å². The molecule has 2 rings (SSSR count). The first-order valence-electron chi connectivity index (χ1n) is 6.43. The van der Waals surface area contributed by atoms with Crippen molar-refractivity contribution in [3.8, 4) is 0 Å². The monoisotopic (exact) mass is 319 g/mol. The molecule has 0 radical (unpaired) electrons. The number of aliphatic hydroxyl groups excluding tert-OH is 1. The van der Waals surface area contributed by atoms with E-state index in [9.17, 15) is 8.42 Å². The molecule has 1 aromatic heterocycles. The van der Waals surface area contributed by atoms with E-state index in [-0.39, 0.29) is 22.4 Å². The molecule has 0 spiro atoms. The second-order valence-electron chi connectivity index (χ2n) is 4.78. The third kappa shape index (κ3) is 3.06. The summed E-state index contributed by atoms with van der Waals surface area (Å²) in [5.74, 6) is 0.667. The summed E-state index contributed by atoms with van der Waals surface area (Å²) in [4.78, 5) is 4.10. The molecule has 1 unspecified atom stereocenters. The molecule has 20 heavy (non-hydrogen) atoms. The molecule has 0 amide bonds. The van der Waals surface area contributed by atoms with Crippen LogP contribution in [0.2, 0.25) is 5.02 Å². The number of pyridine rings is 1. The third-order valence-corrected chi connectivity index (χ3v) is 5.60. The topological polar surface area (TPSA) is 82.5 Å². The number of sulfonamides is 1. The minimum Gasteiger partial charge on any atom is -0.396 e. The molecular weight excluding hydrogens is 302 g/mol. The highest BCUT2D eigenvalue weighted by molar-refractivity contribution is 7.89. The van der Waals surface area contributed by atoms with E-state index in [1.165, 1.54) is 16.6 Å². The van der Waals surface area contributed by atoms with E-state index >= 15 is 0 Å². The van der Waals surface area contributed by atoms with E-state index in [4.69, 9.17) is 16.7 Å². The van der Waals surface area contributed by atoms with Crippen LogP contribution < -0.4 is 5.32 Å². The van der Waals surface area contributed by atoms with Gasteiger partial charge in [-0.15, -0.1) is 0 Å². The maximum Gasteiger partial charge on any atom is 0.244 e. The van der Waals surface area contributed by atoms with Crippen molar-refractivity contribution in [1.29, 1.82) is 0 Å². The molecular formula is C12H18ClN3O3S. The van der Waals surface area contributed by atoms with Gasteiger partial charge in [-0.2, -0.15) is 4.31 Å². The van der Waals surface area contributed by atoms with Gasteiger partial charge in [-0.1, -0.05) is 11.6 Å². The smallest absolute Gasteiger partial charge is 0.244 e. The Labute approximate surface area is 123 Å². The largest absolute Gasteiger partial charge is 0.396 e. The second kappa shape index (κ2) is 6.26. The molecule has 1 atom stereocenters. The zero-order valence-electron chi connectivity index (χ0n) is 11.2. The molecule has 2 heterocycles. The Bertz CT molecular complexity index is 579. The van der Waals surface area contributed by atoms with Crippen LogP contribution in [0.4, 0.5) is 5.82 Å². The van der Waals surface area contributed by atoms with Crippen LogP contribution in [0.15, 0.2) is 17.2 Å². The van der Waals surface area contributed by atoms with E-state index in [0.29, 0.717) is 25.3 Å². The highest BCUT2D eigenvalue weighted by atomic mass is 35.5. The average Bonchev–Trinajstić information content (AvgIpc) is 2.88. The van der Waals surface area contributed by atoms with Gasteiger partial charge in [-0.3, -0.25) is 0 Å². The van der Waals surface area contributed by atoms with Crippen molar-refractivity contribution < 1.29 is 13.5 Å². The predicted molar refractivity (Wildman–Crippen MR) is 77.4 cm³/mol. The first-order chi connectivity index (χ1) is 9.48. The highest BCUT2D eigenvalue weighted by Crippen LogP contribution is 2.28. The number of hydrogen-bond donors (Lipinski definition) is 2. The maximum atomic E-state index is 12.5. The Morgan fingerprint density at radius 1 is 1.60 bits per heavy atom. The van der Waals surface area contributed by atoms with E-state index in [2.05, 4.69) is 10.3 Å². The van der Waals surface area contributed by atoms with Crippen LogP contribution in [-0.2, 0) is 10.0 Å². The number of aromatic nitrogens is 1. The molecule has 0 aliphatic carbocycles. The van der Waals surface area contributed by atoms with Gasteiger partial charge in [0.1, 0.15) is 10.7 Å². The average molecular weight is 320 g/mol. The third-order valence-electron chi connectivity index (χ3n) is 3.48. The highest BCUT2D eigenvalue weighted by Gasteiger charge is 2.32. The zero-order valence-corrected chi connectivity index (χ0v) is 12.8. The molecule has 1 aliphatic rings. The predicted octanol–water partition coefficient (Wildman–Crippen LogP) is 1.17. The summed E-state index contributed by atoms with van der Waals surface area (Å²) in [6.07, 6.45) is 2.71. The summed E-state index contributed by atoms with van der Waals surface area (Å²) >= 11 is 5.98. The Kier molecular flexibility index (Phi) is 4.85. The van der Waals surface area contributed by atoms with Crippen molar-refractivity contribution in [2.45, 2.75) is 17.7 Å². The van der Waals surface area contributed by atoms with Crippen molar-refractivity contribution in [2.75, 3.05) is 32.1 Å². The lowest BCUT2D eigenvalue weighted by Gasteiger charge is -2.17. The second-order valence-corrected chi connectivity index (χ2v) is 7.13. The molecule has 0 aromatic carbocycles. The van der Waals surface area contributed by atoms with E-state index < -0.39 is 10.0 Å². The number of anilines is 1. The molecule has 1 saturated heterocycles. The molecule has 0 saturated carbocycles. The summed E-state index contributed by atoms with van der Waals surface area (Å²) in [5.41, 5.74) is 0. The van der Waals surface area contributed by atoms with Gasteiger partial charge in [-0.05, 0) is 24.8 Å². The van der Waals surface area contributed by atoms with Crippen LogP contribution in [0.1, 0.15) is 12.8 Å².